The van der Waals surface area contributed by atoms with Gasteiger partial charge in [0.2, 0.25) is 0 Å². The zero-order valence-electron chi connectivity index (χ0n) is 21.8. The summed E-state index contributed by atoms with van der Waals surface area (Å²) in [6, 6.07) is 0. The first kappa shape index (κ1) is 42.6. The molecule has 0 N–H and O–H groups in total. The third-order valence-corrected chi connectivity index (χ3v) is 4.94. The molecule has 0 spiro atoms. The molecule has 0 aromatic rings. The molecular weight excluding hydrogens is 432 g/mol. The molecule has 0 saturated heterocycles. The van der Waals surface area contributed by atoms with Gasteiger partial charge in [0.15, 0.2) is 0 Å². The zero-order valence-corrected chi connectivity index (χ0v) is 21.8. The van der Waals surface area contributed by atoms with Crippen molar-refractivity contribution in [3.05, 3.63) is 105 Å². The molecule has 4 atom stereocenters. The van der Waals surface area contributed by atoms with Gasteiger partial charge in [-0.2, -0.15) is 0 Å². The van der Waals surface area contributed by atoms with Crippen LogP contribution in [-0.2, 0) is 0 Å². The summed E-state index contributed by atoms with van der Waals surface area (Å²) in [7, 11) is 0. The van der Waals surface area contributed by atoms with Crippen LogP contribution in [0.25, 0.3) is 0 Å². The van der Waals surface area contributed by atoms with E-state index in [4.69, 9.17) is 0 Å². The molecule has 0 bridgehead atoms. The predicted octanol–water partition coefficient (Wildman–Crippen LogP) is 11.0. The zero-order chi connectivity index (χ0) is 25.3. The molecule has 0 amide bonds. The Bertz CT molecular complexity index is 1110. The van der Waals surface area contributed by atoms with E-state index < -0.39 is 0 Å². The lowest BCUT2D eigenvalue weighted by Crippen LogP contribution is -1.61. The first-order valence-electron chi connectivity index (χ1n) is 11.5. The second kappa shape index (κ2) is 31.4. The Morgan fingerprint density at radius 2 is 0.861 bits per heavy atom. The number of hydrogen-bond donors (Lipinski definition) is 0. The van der Waals surface area contributed by atoms with Crippen LogP contribution in [0.15, 0.2) is 105 Å². The Kier molecular flexibility index (Phi) is 37.1. The summed E-state index contributed by atoms with van der Waals surface area (Å²) in [6.45, 7) is 20.5. The highest BCUT2D eigenvalue weighted by atomic mass is 14.3. The summed E-state index contributed by atoms with van der Waals surface area (Å²) < 4.78 is 0. The fourth-order valence-electron chi connectivity index (χ4n) is 1.60. The van der Waals surface area contributed by atoms with Crippen molar-refractivity contribution in [1.29, 1.82) is 0 Å². The summed E-state index contributed by atoms with van der Waals surface area (Å²) in [5, 5.41) is 0. The molecule has 2 rings (SSSR count). The molecule has 2 saturated carbocycles. The van der Waals surface area contributed by atoms with Crippen LogP contribution in [0.1, 0.15) is 96.9 Å². The molecule has 0 radical (unpaired) electrons. The third kappa shape index (κ3) is 37.7. The largest absolute Gasteiger partial charge is 0.0919 e. The van der Waals surface area contributed by atoms with Crippen LogP contribution in [-0.4, -0.2) is 0 Å². The van der Waals surface area contributed by atoms with Crippen LogP contribution in [0.4, 0.5) is 0 Å². The molecule has 0 aromatic heterocycles. The van der Waals surface area contributed by atoms with Gasteiger partial charge in [-0.05, 0) is 145 Å². The van der Waals surface area contributed by atoms with Crippen molar-refractivity contribution in [1.82, 2.24) is 0 Å². The first-order chi connectivity index (χ1) is 15.8. The molecule has 0 heteroatoms. The molecular formula is C36H50. The molecule has 194 valence electrons. The third-order valence-electron chi connectivity index (χ3n) is 4.94. The standard InChI is InChI=1S/C19H10.2C5H10.C4H8.3CH4/c1-4-6-7-8-9-10-11-12-13-14-15-16-17-18-19(3)5-2;2*1-4-3-5(4)2;1-3-4-2;;;/h1,5H2,2-3H3;2*4-5H,3H2,1-2H3;3-4H,1-2H3;3*1H4/b;;;4-3-;;;/t;4-,5?;;;;;/m.0...../s1. The van der Waals surface area contributed by atoms with Gasteiger partial charge in [-0.1, -0.05) is 80.5 Å². The minimum Gasteiger partial charge on any atom is -0.0919 e. The quantitative estimate of drug-likeness (QED) is 0.257. The lowest BCUT2D eigenvalue weighted by molar-refractivity contribution is 0.834. The average Bonchev–Trinajstić information content (AvgIpc) is 3.69. The highest BCUT2D eigenvalue weighted by Crippen LogP contribution is 2.36. The Morgan fingerprint density at radius 3 is 1.06 bits per heavy atom. The van der Waals surface area contributed by atoms with E-state index in [1.54, 1.807) is 0 Å². The van der Waals surface area contributed by atoms with E-state index in [0.717, 1.165) is 35.7 Å². The maximum absolute atomic E-state index is 3.31. The minimum atomic E-state index is 0. The van der Waals surface area contributed by atoms with Crippen LogP contribution in [0.3, 0.4) is 0 Å². The van der Waals surface area contributed by atoms with Crippen molar-refractivity contribution < 1.29 is 0 Å². The van der Waals surface area contributed by atoms with Crippen LogP contribution in [0.5, 0.6) is 0 Å². The van der Waals surface area contributed by atoms with E-state index in [2.05, 4.69) is 115 Å². The monoisotopic (exact) mass is 482 g/mol. The van der Waals surface area contributed by atoms with Gasteiger partial charge in [-0.25, -0.2) is 0 Å². The number of rotatable bonds is 1. The van der Waals surface area contributed by atoms with Gasteiger partial charge in [0.1, 0.15) is 0 Å². The topological polar surface area (TPSA) is 0 Å². The molecule has 0 heterocycles. The number of allylic oxidation sites excluding steroid dienone is 3. The van der Waals surface area contributed by atoms with Gasteiger partial charge in [0, 0.05) is 0 Å². The highest BCUT2D eigenvalue weighted by molar-refractivity contribution is 4.97. The van der Waals surface area contributed by atoms with Crippen molar-refractivity contribution in [2.75, 3.05) is 0 Å². The average molecular weight is 483 g/mol. The fraction of sp³-hybridized carbons (Fsp3) is 0.500. The molecule has 0 nitrogen and oxygen atoms in total. The van der Waals surface area contributed by atoms with Crippen LogP contribution in [0.2, 0.25) is 0 Å². The highest BCUT2D eigenvalue weighted by Gasteiger charge is 2.26. The summed E-state index contributed by atoms with van der Waals surface area (Å²) in [4.78, 5) is 0. The smallest absolute Gasteiger partial charge is 0.00000000000926 e. The molecule has 3 unspecified atom stereocenters. The number of hydrogen-bond acceptors (Lipinski definition) is 0. The minimum absolute atomic E-state index is 0. The predicted molar refractivity (Wildman–Crippen MR) is 161 cm³/mol. The van der Waals surface area contributed by atoms with Crippen LogP contribution >= 0.6 is 0 Å². The molecule has 0 aromatic carbocycles. The maximum atomic E-state index is 3.31. The van der Waals surface area contributed by atoms with Gasteiger partial charge in [-0.15, -0.1) is 0 Å². The van der Waals surface area contributed by atoms with E-state index >= 15 is 0 Å². The normalized spacial score (nSPS) is 17.3. The first-order valence-corrected chi connectivity index (χ1v) is 11.5. The lowest BCUT2D eigenvalue weighted by Gasteiger charge is -1.79. The van der Waals surface area contributed by atoms with Gasteiger partial charge in [0.25, 0.3) is 0 Å². The van der Waals surface area contributed by atoms with Crippen molar-refractivity contribution in [3.63, 3.8) is 0 Å². The van der Waals surface area contributed by atoms with Crippen molar-refractivity contribution in [2.24, 2.45) is 23.7 Å². The Labute approximate surface area is 225 Å². The summed E-state index contributed by atoms with van der Waals surface area (Å²) in [6.07, 6.45) is 7.88. The maximum Gasteiger partial charge on any atom is -0.00000000000926 e. The fourth-order valence-corrected chi connectivity index (χ4v) is 1.60. The lowest BCUT2D eigenvalue weighted by atomic mass is 10.3. The summed E-state index contributed by atoms with van der Waals surface area (Å²) in [5.74, 6) is 4.20. The van der Waals surface area contributed by atoms with E-state index in [1.807, 2.05) is 39.8 Å². The SMILES string of the molecule is C.C.C.C/C=C\C.C=C=C=C=C=C=C=C=C=C=C=C=C=C=C=C(C)CC.CC1CC1C.CC1C[C@@H]1C. The van der Waals surface area contributed by atoms with Gasteiger partial charge in [0.05, 0.1) is 0 Å². The molecule has 2 aliphatic rings. The van der Waals surface area contributed by atoms with Crippen LogP contribution in [0, 0.1) is 23.7 Å². The molecule has 36 heavy (non-hydrogen) atoms. The van der Waals surface area contributed by atoms with Crippen molar-refractivity contribution in [2.45, 2.75) is 96.9 Å². The van der Waals surface area contributed by atoms with Gasteiger partial charge in [-0.3, -0.25) is 0 Å². The van der Waals surface area contributed by atoms with E-state index in [9.17, 15) is 0 Å². The second-order valence-electron chi connectivity index (χ2n) is 7.98. The van der Waals surface area contributed by atoms with E-state index in [1.165, 1.54) is 12.8 Å². The Hall–Kier alpha value is -3.60. The molecule has 2 aliphatic carbocycles. The Morgan fingerprint density at radius 1 is 0.611 bits per heavy atom. The van der Waals surface area contributed by atoms with Crippen molar-refractivity contribution in [3.8, 4) is 0 Å². The van der Waals surface area contributed by atoms with Crippen molar-refractivity contribution >= 4 is 0 Å². The van der Waals surface area contributed by atoms with Gasteiger partial charge < -0.3 is 0 Å². The molecule has 0 aliphatic heterocycles. The second-order valence-corrected chi connectivity index (χ2v) is 7.98. The summed E-state index contributed by atoms with van der Waals surface area (Å²) in [5.41, 5.74) is 36.9. The van der Waals surface area contributed by atoms with E-state index in [-0.39, 0.29) is 22.3 Å². The van der Waals surface area contributed by atoms with Crippen LogP contribution < -0.4 is 0 Å². The Balaban J connectivity index is -0.000000152. The van der Waals surface area contributed by atoms with Gasteiger partial charge >= 0.3 is 0 Å². The summed E-state index contributed by atoms with van der Waals surface area (Å²) >= 11 is 0. The molecule has 2 fully saturated rings. The van der Waals surface area contributed by atoms with E-state index in [0.29, 0.717) is 0 Å².